The fraction of sp³-hybridized carbons (Fsp3) is 0.240. The lowest BCUT2D eigenvalue weighted by atomic mass is 9.93. The zero-order valence-electron chi connectivity index (χ0n) is 18.0. The third-order valence-corrected chi connectivity index (χ3v) is 5.55. The Morgan fingerprint density at radius 2 is 1.72 bits per heavy atom. The molecule has 0 aliphatic carbocycles. The second-order valence-corrected chi connectivity index (χ2v) is 8.84. The number of ether oxygens (including phenoxy) is 2. The molecule has 1 aromatic heterocycles. The average molecular weight is 434 g/mol. The van der Waals surface area contributed by atoms with Crippen LogP contribution in [0.5, 0.6) is 28.7 Å². The molecular weight excluding hydrogens is 412 g/mol. The first kappa shape index (κ1) is 20.1. The summed E-state index contributed by atoms with van der Waals surface area (Å²) in [5.41, 5.74) is 1.11. The monoisotopic (exact) mass is 434 g/mol. The molecule has 0 bridgehead atoms. The fourth-order valence-electron chi connectivity index (χ4n) is 4.11. The molecule has 7 nitrogen and oxygen atoms in total. The number of benzene rings is 2. The molecule has 3 aromatic rings. The molecule has 2 aliphatic rings. The first-order valence-electron chi connectivity index (χ1n) is 10.2. The number of fused-ring (bicyclic) bond motifs is 6. The van der Waals surface area contributed by atoms with Crippen LogP contribution < -0.4 is 14.9 Å². The van der Waals surface area contributed by atoms with Crippen molar-refractivity contribution in [3.63, 3.8) is 0 Å². The van der Waals surface area contributed by atoms with E-state index in [4.69, 9.17) is 13.9 Å². The van der Waals surface area contributed by atoms with Crippen molar-refractivity contribution in [3.05, 3.63) is 57.3 Å². The molecule has 0 fully saturated rings. The molecule has 0 spiro atoms. The quantitative estimate of drug-likeness (QED) is 0.358. The number of aromatic hydroxyl groups is 3. The normalized spacial score (nSPS) is 17.6. The van der Waals surface area contributed by atoms with E-state index in [-0.39, 0.29) is 45.3 Å². The van der Waals surface area contributed by atoms with Gasteiger partial charge in [0.05, 0.1) is 16.7 Å². The minimum atomic E-state index is -0.798. The zero-order chi connectivity index (χ0) is 22.9. The van der Waals surface area contributed by atoms with Crippen LogP contribution in [0, 0.1) is 0 Å². The summed E-state index contributed by atoms with van der Waals surface area (Å²) >= 11 is 0. The maximum Gasteiger partial charge on any atom is 0.204 e. The van der Waals surface area contributed by atoms with E-state index in [0.717, 1.165) is 5.57 Å². The number of hydrogen-bond acceptors (Lipinski definition) is 7. The van der Waals surface area contributed by atoms with E-state index in [1.54, 1.807) is 12.2 Å². The second kappa shape index (κ2) is 6.56. The predicted octanol–water partition coefficient (Wildman–Crippen LogP) is 5.16. The Labute approximate surface area is 183 Å². The molecule has 2 aliphatic heterocycles. The van der Waals surface area contributed by atoms with E-state index >= 15 is 0 Å². The lowest BCUT2D eigenvalue weighted by molar-refractivity contribution is 0.158. The Balaban J connectivity index is 1.91. The van der Waals surface area contributed by atoms with Crippen LogP contribution in [0.1, 0.15) is 44.9 Å². The molecule has 0 saturated heterocycles. The largest absolute Gasteiger partial charge is 0.507 e. The molecule has 0 radical (unpaired) electrons. The van der Waals surface area contributed by atoms with Gasteiger partial charge in [-0.15, -0.1) is 0 Å². The average Bonchev–Trinajstić information content (AvgIpc) is 2.67. The minimum Gasteiger partial charge on any atom is -0.507 e. The van der Waals surface area contributed by atoms with Crippen LogP contribution in [0.3, 0.4) is 0 Å². The Bertz CT molecular complexity index is 1420. The van der Waals surface area contributed by atoms with Crippen LogP contribution in [-0.2, 0) is 0 Å². The summed E-state index contributed by atoms with van der Waals surface area (Å²) in [5, 5.41) is 30.8. The predicted molar refractivity (Wildman–Crippen MR) is 119 cm³/mol. The summed E-state index contributed by atoms with van der Waals surface area (Å²) in [7, 11) is 0. The Morgan fingerprint density at radius 3 is 2.44 bits per heavy atom. The fourth-order valence-corrected chi connectivity index (χ4v) is 4.11. The highest BCUT2D eigenvalue weighted by Gasteiger charge is 2.34. The van der Waals surface area contributed by atoms with E-state index in [9.17, 15) is 20.1 Å². The van der Waals surface area contributed by atoms with Gasteiger partial charge in [0.2, 0.25) is 5.43 Å². The highest BCUT2D eigenvalue weighted by atomic mass is 16.5. The third-order valence-electron chi connectivity index (χ3n) is 5.55. The smallest absolute Gasteiger partial charge is 0.204 e. The molecular formula is C25H22O7. The summed E-state index contributed by atoms with van der Waals surface area (Å²) in [6, 6.07) is 4.00. The van der Waals surface area contributed by atoms with Gasteiger partial charge in [0.15, 0.2) is 17.1 Å². The maximum absolute atomic E-state index is 13.7. The first-order valence-corrected chi connectivity index (χ1v) is 10.2. The van der Waals surface area contributed by atoms with Crippen molar-refractivity contribution in [2.24, 2.45) is 0 Å². The van der Waals surface area contributed by atoms with Gasteiger partial charge < -0.3 is 29.2 Å². The molecule has 0 saturated carbocycles. The van der Waals surface area contributed by atoms with E-state index in [2.05, 4.69) is 0 Å². The van der Waals surface area contributed by atoms with Crippen LogP contribution in [0.25, 0.3) is 28.4 Å². The summed E-state index contributed by atoms with van der Waals surface area (Å²) < 4.78 is 18.2. The number of rotatable bonds is 1. The number of phenols is 3. The van der Waals surface area contributed by atoms with Gasteiger partial charge in [0.25, 0.3) is 0 Å². The SMILES string of the molecule is CC(C)=C[C@@H]1Oc2cc(O)c(O)cc2-c2oc3c4c(cc(O)c3c(=O)c21)OC(C)(C)C=C4. The molecule has 3 heterocycles. The van der Waals surface area contributed by atoms with Crippen molar-refractivity contribution in [3.8, 4) is 40.1 Å². The highest BCUT2D eigenvalue weighted by molar-refractivity contribution is 5.95. The highest BCUT2D eigenvalue weighted by Crippen LogP contribution is 2.49. The van der Waals surface area contributed by atoms with Gasteiger partial charge in [-0.25, -0.2) is 0 Å². The van der Waals surface area contributed by atoms with Gasteiger partial charge in [-0.2, -0.15) is 0 Å². The molecule has 2 aromatic carbocycles. The topological polar surface area (TPSA) is 109 Å². The van der Waals surface area contributed by atoms with E-state index < -0.39 is 17.1 Å². The Kier molecular flexibility index (Phi) is 4.11. The molecule has 32 heavy (non-hydrogen) atoms. The van der Waals surface area contributed by atoms with Gasteiger partial charge in [-0.1, -0.05) is 5.57 Å². The second-order valence-electron chi connectivity index (χ2n) is 8.84. The Hall–Kier alpha value is -3.87. The molecule has 164 valence electrons. The van der Waals surface area contributed by atoms with Crippen LogP contribution in [-0.4, -0.2) is 20.9 Å². The summed E-state index contributed by atoms with van der Waals surface area (Å²) in [6.45, 7) is 7.49. The van der Waals surface area contributed by atoms with Crippen molar-refractivity contribution in [1.82, 2.24) is 0 Å². The molecule has 1 atom stereocenters. The number of phenolic OH excluding ortho intramolecular Hbond substituents is 3. The molecule has 3 N–H and O–H groups in total. The lowest BCUT2D eigenvalue weighted by Crippen LogP contribution is -2.28. The van der Waals surface area contributed by atoms with Gasteiger partial charge in [0, 0.05) is 12.1 Å². The van der Waals surface area contributed by atoms with Crippen molar-refractivity contribution in [1.29, 1.82) is 0 Å². The van der Waals surface area contributed by atoms with Gasteiger partial charge in [-0.3, -0.25) is 4.79 Å². The summed E-state index contributed by atoms with van der Waals surface area (Å²) in [6.07, 6.45) is 4.61. The van der Waals surface area contributed by atoms with Crippen molar-refractivity contribution in [2.45, 2.75) is 39.4 Å². The third kappa shape index (κ3) is 2.92. The van der Waals surface area contributed by atoms with Gasteiger partial charge in [-0.05, 0) is 52.0 Å². The molecule has 5 rings (SSSR count). The van der Waals surface area contributed by atoms with Gasteiger partial charge in [0.1, 0.15) is 40.1 Å². The molecule has 0 amide bonds. The van der Waals surface area contributed by atoms with Crippen molar-refractivity contribution < 1.29 is 29.2 Å². The van der Waals surface area contributed by atoms with Crippen LogP contribution >= 0.6 is 0 Å². The summed E-state index contributed by atoms with van der Waals surface area (Å²) in [5.74, 6) is -0.110. The minimum absolute atomic E-state index is 0.0256. The van der Waals surface area contributed by atoms with Crippen molar-refractivity contribution >= 4 is 17.0 Å². The molecule has 7 heteroatoms. The summed E-state index contributed by atoms with van der Waals surface area (Å²) in [4.78, 5) is 13.7. The maximum atomic E-state index is 13.7. The number of allylic oxidation sites excluding steroid dienone is 1. The van der Waals surface area contributed by atoms with E-state index in [1.807, 2.05) is 33.8 Å². The zero-order valence-corrected chi connectivity index (χ0v) is 18.0. The van der Waals surface area contributed by atoms with E-state index in [1.165, 1.54) is 18.2 Å². The standard InChI is InChI=1S/C25H22O7/c1-11(2)7-19-21-22(29)20-16(28)10-18-12(5-6-25(3,4)32-18)23(20)31-24(21)13-8-14(26)15(27)9-17(13)30-19/h5-10,19,26-28H,1-4H3/t19-/m0/s1. The molecule has 0 unspecified atom stereocenters. The first-order chi connectivity index (χ1) is 15.1. The lowest BCUT2D eigenvalue weighted by Gasteiger charge is -2.29. The van der Waals surface area contributed by atoms with E-state index in [0.29, 0.717) is 16.9 Å². The Morgan fingerprint density at radius 1 is 1.03 bits per heavy atom. The van der Waals surface area contributed by atoms with Crippen LogP contribution in [0.15, 0.2) is 45.1 Å². The van der Waals surface area contributed by atoms with Crippen LogP contribution in [0.4, 0.5) is 0 Å². The van der Waals surface area contributed by atoms with Crippen LogP contribution in [0.2, 0.25) is 0 Å². The number of hydrogen-bond donors (Lipinski definition) is 3. The van der Waals surface area contributed by atoms with Crippen molar-refractivity contribution in [2.75, 3.05) is 0 Å². The van der Waals surface area contributed by atoms with Gasteiger partial charge >= 0.3 is 0 Å².